The molecular weight excluding hydrogens is 468 g/mol. The van der Waals surface area contributed by atoms with Gasteiger partial charge in [-0.3, -0.25) is 14.7 Å². The molecule has 0 aliphatic carbocycles. The highest BCUT2D eigenvalue weighted by atomic mass is 16.5. The number of methoxy groups -OCH3 is 1. The van der Waals surface area contributed by atoms with Crippen molar-refractivity contribution in [3.8, 4) is 28.1 Å². The summed E-state index contributed by atoms with van der Waals surface area (Å²) in [6.45, 7) is 1.64. The third-order valence-electron chi connectivity index (χ3n) is 6.74. The van der Waals surface area contributed by atoms with Gasteiger partial charge in [0.25, 0.3) is 5.91 Å². The van der Waals surface area contributed by atoms with Crippen LogP contribution in [0.4, 0.5) is 5.69 Å². The molecule has 1 aliphatic rings. The number of carbonyl (C=O) groups is 2. The first-order valence-electron chi connectivity index (χ1n) is 12.3. The Bertz CT molecular complexity index is 1460. The third-order valence-corrected chi connectivity index (χ3v) is 6.74. The lowest BCUT2D eigenvalue weighted by Crippen LogP contribution is -2.35. The van der Waals surface area contributed by atoms with Crippen molar-refractivity contribution >= 4 is 28.5 Å². The van der Waals surface area contributed by atoms with E-state index in [0.29, 0.717) is 16.9 Å². The lowest BCUT2D eigenvalue weighted by Gasteiger charge is -2.23. The Morgan fingerprint density at radius 3 is 2.59 bits per heavy atom. The van der Waals surface area contributed by atoms with Gasteiger partial charge in [-0.2, -0.15) is 5.10 Å². The number of H-pyrrole nitrogens is 1. The molecule has 0 unspecified atom stereocenters. The molecule has 0 radical (unpaired) electrons. The van der Waals surface area contributed by atoms with E-state index in [1.165, 1.54) is 4.90 Å². The SMILES string of the molecule is COc1ccccc1-c1[nH]nc2ncc(-c3ccc(NC(=O)C4CCNCC4)c(C(=O)N(C)C)c3)cc12. The van der Waals surface area contributed by atoms with Gasteiger partial charge in [-0.1, -0.05) is 18.2 Å². The molecular formula is C28H30N6O3. The smallest absolute Gasteiger partial charge is 0.255 e. The van der Waals surface area contributed by atoms with Crippen LogP contribution in [0, 0.1) is 5.92 Å². The normalized spacial score (nSPS) is 13.9. The van der Waals surface area contributed by atoms with Crippen LogP contribution in [0.15, 0.2) is 54.7 Å². The lowest BCUT2D eigenvalue weighted by molar-refractivity contribution is -0.120. The number of piperidine rings is 1. The summed E-state index contributed by atoms with van der Waals surface area (Å²) in [5.41, 5.74) is 4.85. The van der Waals surface area contributed by atoms with Crippen molar-refractivity contribution in [1.29, 1.82) is 0 Å². The predicted octanol–water partition coefficient (Wildman–Crippen LogP) is 3.94. The van der Waals surface area contributed by atoms with Gasteiger partial charge in [0.05, 0.1) is 24.1 Å². The highest BCUT2D eigenvalue weighted by molar-refractivity contribution is 6.05. The highest BCUT2D eigenvalue weighted by Gasteiger charge is 2.24. The number of hydrogen-bond acceptors (Lipinski definition) is 6. The zero-order valence-corrected chi connectivity index (χ0v) is 21.2. The fourth-order valence-corrected chi connectivity index (χ4v) is 4.68. The van der Waals surface area contributed by atoms with E-state index in [0.717, 1.165) is 59.5 Å². The first kappa shape index (κ1) is 24.5. The summed E-state index contributed by atoms with van der Waals surface area (Å²) in [6.07, 6.45) is 3.30. The Kier molecular flexibility index (Phi) is 6.87. The average Bonchev–Trinajstić information content (AvgIpc) is 3.36. The third kappa shape index (κ3) is 4.90. The molecule has 9 nitrogen and oxygen atoms in total. The number of nitrogens with zero attached hydrogens (tertiary/aromatic N) is 3. The zero-order chi connectivity index (χ0) is 25.9. The van der Waals surface area contributed by atoms with Gasteiger partial charge in [0, 0.05) is 42.7 Å². The van der Waals surface area contributed by atoms with Crippen molar-refractivity contribution in [3.63, 3.8) is 0 Å². The van der Waals surface area contributed by atoms with Crippen LogP contribution in [-0.2, 0) is 4.79 Å². The maximum Gasteiger partial charge on any atom is 0.255 e. The molecule has 2 amide bonds. The summed E-state index contributed by atoms with van der Waals surface area (Å²) in [5, 5.41) is 14.6. The largest absolute Gasteiger partial charge is 0.496 e. The zero-order valence-electron chi connectivity index (χ0n) is 21.2. The second kappa shape index (κ2) is 10.4. The molecule has 0 atom stereocenters. The number of hydrogen-bond donors (Lipinski definition) is 3. The van der Waals surface area contributed by atoms with Crippen LogP contribution in [0.1, 0.15) is 23.2 Å². The van der Waals surface area contributed by atoms with Crippen LogP contribution in [0.2, 0.25) is 0 Å². The molecule has 2 aromatic heterocycles. The first-order valence-corrected chi connectivity index (χ1v) is 12.3. The molecule has 3 heterocycles. The quantitative estimate of drug-likeness (QED) is 0.371. The van der Waals surface area contributed by atoms with Gasteiger partial charge in [-0.05, 0) is 61.8 Å². The molecule has 1 saturated heterocycles. The number of carbonyl (C=O) groups excluding carboxylic acids is 2. The Labute approximate surface area is 215 Å². The maximum atomic E-state index is 13.1. The van der Waals surface area contributed by atoms with E-state index in [9.17, 15) is 9.59 Å². The minimum Gasteiger partial charge on any atom is -0.496 e. The molecule has 4 aromatic rings. The number of pyridine rings is 1. The molecule has 5 rings (SSSR count). The van der Waals surface area contributed by atoms with Crippen molar-refractivity contribution in [2.45, 2.75) is 12.8 Å². The number of benzene rings is 2. The van der Waals surface area contributed by atoms with Gasteiger partial charge in [0.1, 0.15) is 5.75 Å². The van der Waals surface area contributed by atoms with E-state index in [-0.39, 0.29) is 17.7 Å². The van der Waals surface area contributed by atoms with Gasteiger partial charge in [-0.25, -0.2) is 4.98 Å². The summed E-state index contributed by atoms with van der Waals surface area (Å²) in [6, 6.07) is 15.2. The fourth-order valence-electron chi connectivity index (χ4n) is 4.68. The highest BCUT2D eigenvalue weighted by Crippen LogP contribution is 2.35. The Morgan fingerprint density at radius 1 is 1.05 bits per heavy atom. The maximum absolute atomic E-state index is 13.1. The first-order chi connectivity index (χ1) is 18.0. The molecule has 1 fully saturated rings. The molecule has 0 saturated carbocycles. The van der Waals surface area contributed by atoms with Crippen molar-refractivity contribution in [2.75, 3.05) is 39.6 Å². The summed E-state index contributed by atoms with van der Waals surface area (Å²) in [4.78, 5) is 32.1. The summed E-state index contributed by atoms with van der Waals surface area (Å²) in [7, 11) is 5.04. The second-order valence-electron chi connectivity index (χ2n) is 9.37. The second-order valence-corrected chi connectivity index (χ2v) is 9.37. The van der Waals surface area contributed by atoms with E-state index < -0.39 is 0 Å². The minimum absolute atomic E-state index is 0.0509. The Morgan fingerprint density at radius 2 is 1.84 bits per heavy atom. The Balaban J connectivity index is 1.53. The molecule has 37 heavy (non-hydrogen) atoms. The lowest BCUT2D eigenvalue weighted by atomic mass is 9.96. The van der Waals surface area contributed by atoms with Crippen LogP contribution in [0.5, 0.6) is 5.75 Å². The molecule has 0 spiro atoms. The number of fused-ring (bicyclic) bond motifs is 1. The monoisotopic (exact) mass is 498 g/mol. The predicted molar refractivity (Wildman–Crippen MR) is 144 cm³/mol. The van der Waals surface area contributed by atoms with E-state index >= 15 is 0 Å². The molecule has 2 aromatic carbocycles. The fraction of sp³-hybridized carbons (Fsp3) is 0.286. The molecule has 3 N–H and O–H groups in total. The minimum atomic E-state index is -0.186. The number of anilines is 1. The van der Waals surface area contributed by atoms with Crippen LogP contribution in [0.3, 0.4) is 0 Å². The van der Waals surface area contributed by atoms with Gasteiger partial charge >= 0.3 is 0 Å². The summed E-state index contributed by atoms with van der Waals surface area (Å²) < 4.78 is 5.54. The van der Waals surface area contributed by atoms with Crippen molar-refractivity contribution in [3.05, 3.63) is 60.3 Å². The summed E-state index contributed by atoms with van der Waals surface area (Å²) in [5.74, 6) is 0.426. The van der Waals surface area contributed by atoms with E-state index in [1.54, 1.807) is 33.5 Å². The number of ether oxygens (including phenoxy) is 1. The summed E-state index contributed by atoms with van der Waals surface area (Å²) >= 11 is 0. The number of amides is 2. The Hall–Kier alpha value is -4.24. The van der Waals surface area contributed by atoms with Crippen molar-refractivity contribution in [1.82, 2.24) is 25.4 Å². The molecule has 0 bridgehead atoms. The number of rotatable bonds is 6. The van der Waals surface area contributed by atoms with E-state index in [1.807, 2.05) is 42.5 Å². The van der Waals surface area contributed by atoms with E-state index in [2.05, 4.69) is 25.8 Å². The van der Waals surface area contributed by atoms with Gasteiger partial charge in [0.2, 0.25) is 5.91 Å². The topological polar surface area (TPSA) is 112 Å². The van der Waals surface area contributed by atoms with Gasteiger partial charge in [-0.15, -0.1) is 0 Å². The number of aromatic amines is 1. The molecule has 190 valence electrons. The van der Waals surface area contributed by atoms with E-state index in [4.69, 9.17) is 4.74 Å². The van der Waals surface area contributed by atoms with Crippen molar-refractivity contribution in [2.24, 2.45) is 5.92 Å². The van der Waals surface area contributed by atoms with Crippen LogP contribution in [-0.4, -0.2) is 66.2 Å². The average molecular weight is 499 g/mol. The van der Waals surface area contributed by atoms with Gasteiger partial charge in [0.15, 0.2) is 5.65 Å². The van der Waals surface area contributed by atoms with Gasteiger partial charge < -0.3 is 20.3 Å². The standard InChI is InChI=1S/C28H30N6O3/c1-34(2)28(36)21-14-18(8-9-23(21)31-27(35)17-10-12-29-13-11-17)19-15-22-25(32-33-26(22)30-16-19)20-6-4-5-7-24(20)37-3/h4-9,14-17,29H,10-13H2,1-3H3,(H,31,35)(H,30,32,33). The van der Waals surface area contributed by atoms with Crippen LogP contribution < -0.4 is 15.4 Å². The van der Waals surface area contributed by atoms with Crippen LogP contribution in [0.25, 0.3) is 33.4 Å². The van der Waals surface area contributed by atoms with Crippen molar-refractivity contribution < 1.29 is 14.3 Å². The van der Waals surface area contributed by atoms with Crippen LogP contribution >= 0.6 is 0 Å². The molecule has 1 aliphatic heterocycles. The number of aromatic nitrogens is 3. The number of nitrogens with one attached hydrogen (secondary N) is 3. The molecule has 9 heteroatoms. The number of para-hydroxylation sites is 1.